The zero-order chi connectivity index (χ0) is 15.7. The van der Waals surface area contributed by atoms with Crippen LogP contribution in [-0.4, -0.2) is 37.7 Å². The van der Waals surface area contributed by atoms with Crippen molar-refractivity contribution in [2.24, 2.45) is 0 Å². The average Bonchev–Trinajstić information content (AvgIpc) is 2.43. The Morgan fingerprint density at radius 2 is 1.81 bits per heavy atom. The molecule has 3 N–H and O–H groups in total. The van der Waals surface area contributed by atoms with Gasteiger partial charge >= 0.3 is 5.97 Å². The van der Waals surface area contributed by atoms with E-state index in [1.807, 2.05) is 30.3 Å². The van der Waals surface area contributed by atoms with Crippen LogP contribution in [-0.2, 0) is 26.2 Å². The number of hydrogen-bond acceptors (Lipinski definition) is 4. The van der Waals surface area contributed by atoms with Crippen molar-refractivity contribution in [3.8, 4) is 0 Å². The molecule has 0 aliphatic carbocycles. The lowest BCUT2D eigenvalue weighted by Crippen LogP contribution is -2.37. The number of carboxylic acids is 1. The van der Waals surface area contributed by atoms with Crippen molar-refractivity contribution in [1.29, 1.82) is 0 Å². The Kier molecular flexibility index (Phi) is 6.83. The maximum Gasteiger partial charge on any atom is 0.303 e. The van der Waals surface area contributed by atoms with Crippen LogP contribution in [0, 0.1) is 0 Å². The first-order valence-corrected chi connectivity index (χ1v) is 8.04. The Balaban J connectivity index is 2.27. The maximum absolute atomic E-state index is 11.5. The second kappa shape index (κ2) is 8.38. The lowest BCUT2D eigenvalue weighted by Gasteiger charge is -2.07. The predicted molar refractivity (Wildman–Crippen MR) is 76.9 cm³/mol. The van der Waals surface area contributed by atoms with Crippen LogP contribution in [0.15, 0.2) is 30.3 Å². The summed E-state index contributed by atoms with van der Waals surface area (Å²) >= 11 is 0. The van der Waals surface area contributed by atoms with Gasteiger partial charge in [0.2, 0.25) is 15.9 Å². The number of carboxylic acid groups (broad SMARTS) is 1. The minimum absolute atomic E-state index is 0.0102. The lowest BCUT2D eigenvalue weighted by molar-refractivity contribution is -0.137. The molecule has 1 aromatic carbocycles. The highest BCUT2D eigenvalue weighted by Gasteiger charge is 2.12. The zero-order valence-corrected chi connectivity index (χ0v) is 12.2. The molecule has 0 saturated heterocycles. The third kappa shape index (κ3) is 8.05. The Morgan fingerprint density at radius 3 is 2.43 bits per heavy atom. The largest absolute Gasteiger partial charge is 0.481 e. The van der Waals surface area contributed by atoms with Gasteiger partial charge in [-0.3, -0.25) is 9.59 Å². The molecule has 116 valence electrons. The molecule has 0 aliphatic rings. The van der Waals surface area contributed by atoms with Crippen LogP contribution in [0.5, 0.6) is 0 Å². The van der Waals surface area contributed by atoms with Crippen molar-refractivity contribution in [3.05, 3.63) is 35.9 Å². The van der Waals surface area contributed by atoms with Crippen molar-refractivity contribution >= 4 is 21.9 Å². The summed E-state index contributed by atoms with van der Waals surface area (Å²) in [6, 6.07) is 9.22. The molecule has 0 aliphatic heterocycles. The first-order valence-electron chi connectivity index (χ1n) is 6.39. The van der Waals surface area contributed by atoms with Crippen molar-refractivity contribution in [3.63, 3.8) is 0 Å². The Hall–Kier alpha value is -1.93. The minimum Gasteiger partial charge on any atom is -0.481 e. The number of rotatable bonds is 9. The molecule has 0 atom stereocenters. The summed E-state index contributed by atoms with van der Waals surface area (Å²) in [4.78, 5) is 21.8. The zero-order valence-electron chi connectivity index (χ0n) is 11.4. The molecule has 0 fully saturated rings. The SMILES string of the molecule is O=C(O)CCCS(=O)(=O)NCC(=O)NCc1ccccc1. The van der Waals surface area contributed by atoms with Gasteiger partial charge < -0.3 is 10.4 Å². The number of nitrogens with one attached hydrogen (secondary N) is 2. The highest BCUT2D eigenvalue weighted by molar-refractivity contribution is 7.89. The van der Waals surface area contributed by atoms with E-state index in [2.05, 4.69) is 10.0 Å². The molecule has 1 rings (SSSR count). The van der Waals surface area contributed by atoms with E-state index in [0.29, 0.717) is 6.54 Å². The summed E-state index contributed by atoms with van der Waals surface area (Å²) < 4.78 is 25.1. The van der Waals surface area contributed by atoms with Crippen molar-refractivity contribution in [1.82, 2.24) is 10.0 Å². The van der Waals surface area contributed by atoms with Crippen LogP contribution in [0.25, 0.3) is 0 Å². The Labute approximate surface area is 123 Å². The number of sulfonamides is 1. The number of aliphatic carboxylic acids is 1. The molecule has 7 nitrogen and oxygen atoms in total. The molecule has 0 heterocycles. The normalized spacial score (nSPS) is 11.0. The van der Waals surface area contributed by atoms with Gasteiger partial charge in [-0.1, -0.05) is 30.3 Å². The third-order valence-corrected chi connectivity index (χ3v) is 4.00. The molecule has 0 radical (unpaired) electrons. The second-order valence-corrected chi connectivity index (χ2v) is 6.33. The van der Waals surface area contributed by atoms with E-state index in [9.17, 15) is 18.0 Å². The Bertz CT molecular complexity index is 571. The molecule has 8 heteroatoms. The molecule has 21 heavy (non-hydrogen) atoms. The number of carbonyl (C=O) groups is 2. The predicted octanol–water partition coefficient (Wildman–Crippen LogP) is 0.0870. The summed E-state index contributed by atoms with van der Waals surface area (Å²) in [6.45, 7) is -0.0390. The van der Waals surface area contributed by atoms with E-state index in [4.69, 9.17) is 5.11 Å². The monoisotopic (exact) mass is 314 g/mol. The molecule has 1 aromatic rings. The highest BCUT2D eigenvalue weighted by atomic mass is 32.2. The summed E-state index contributed by atoms with van der Waals surface area (Å²) in [5.74, 6) is -1.81. The van der Waals surface area contributed by atoms with Crippen molar-refractivity contribution in [2.75, 3.05) is 12.3 Å². The Morgan fingerprint density at radius 1 is 1.14 bits per heavy atom. The average molecular weight is 314 g/mol. The molecule has 0 aromatic heterocycles. The van der Waals surface area contributed by atoms with Crippen LogP contribution in [0.3, 0.4) is 0 Å². The first kappa shape index (κ1) is 17.1. The van der Waals surface area contributed by atoms with Crippen LogP contribution in [0.4, 0.5) is 0 Å². The number of hydrogen-bond donors (Lipinski definition) is 3. The summed E-state index contributed by atoms with van der Waals surface area (Å²) in [6.07, 6.45) is -0.211. The lowest BCUT2D eigenvalue weighted by atomic mass is 10.2. The fourth-order valence-corrected chi connectivity index (χ4v) is 2.54. The van der Waals surface area contributed by atoms with Gasteiger partial charge in [0.25, 0.3) is 0 Å². The van der Waals surface area contributed by atoms with Gasteiger partial charge in [-0.15, -0.1) is 0 Å². The number of amides is 1. The van der Waals surface area contributed by atoms with E-state index < -0.39 is 21.9 Å². The van der Waals surface area contributed by atoms with Gasteiger partial charge in [-0.05, 0) is 12.0 Å². The van der Waals surface area contributed by atoms with E-state index in [1.165, 1.54) is 0 Å². The molecular formula is C13H18N2O5S. The molecule has 0 spiro atoms. The van der Waals surface area contributed by atoms with E-state index >= 15 is 0 Å². The van der Waals surface area contributed by atoms with Crippen LogP contribution in [0.1, 0.15) is 18.4 Å². The van der Waals surface area contributed by atoms with Crippen molar-refractivity contribution < 1.29 is 23.1 Å². The molecule has 1 amide bonds. The number of benzene rings is 1. The standard InChI is InChI=1S/C13H18N2O5S/c16-12(14-9-11-5-2-1-3-6-11)10-15-21(19,20)8-4-7-13(17)18/h1-3,5-6,15H,4,7-10H2,(H,14,16)(H,17,18). The fourth-order valence-electron chi connectivity index (χ4n) is 1.52. The smallest absolute Gasteiger partial charge is 0.303 e. The van der Waals surface area contributed by atoms with Gasteiger partial charge in [0.15, 0.2) is 0 Å². The van der Waals surface area contributed by atoms with E-state index in [1.54, 1.807) is 0 Å². The fraction of sp³-hybridized carbons (Fsp3) is 0.385. The topological polar surface area (TPSA) is 113 Å². The summed E-state index contributed by atoms with van der Waals surface area (Å²) in [5, 5.41) is 11.0. The van der Waals surface area contributed by atoms with Gasteiger partial charge in [-0.25, -0.2) is 13.1 Å². The molecular weight excluding hydrogens is 296 g/mol. The molecule has 0 unspecified atom stereocenters. The van der Waals surface area contributed by atoms with Crippen LogP contribution < -0.4 is 10.0 Å². The molecule has 0 saturated carbocycles. The summed E-state index contributed by atoms with van der Waals surface area (Å²) in [7, 11) is -3.63. The van der Waals surface area contributed by atoms with Crippen LogP contribution >= 0.6 is 0 Å². The van der Waals surface area contributed by atoms with E-state index in [0.717, 1.165) is 5.56 Å². The van der Waals surface area contributed by atoms with Gasteiger partial charge in [0.05, 0.1) is 12.3 Å². The molecule has 0 bridgehead atoms. The minimum atomic E-state index is -3.63. The van der Waals surface area contributed by atoms with Crippen LogP contribution in [0.2, 0.25) is 0 Å². The van der Waals surface area contributed by atoms with E-state index in [-0.39, 0.29) is 25.1 Å². The van der Waals surface area contributed by atoms with Gasteiger partial charge in [-0.2, -0.15) is 0 Å². The maximum atomic E-state index is 11.5. The quantitative estimate of drug-likeness (QED) is 0.598. The van der Waals surface area contributed by atoms with Crippen molar-refractivity contribution in [2.45, 2.75) is 19.4 Å². The van der Waals surface area contributed by atoms with Gasteiger partial charge in [0, 0.05) is 13.0 Å². The highest BCUT2D eigenvalue weighted by Crippen LogP contribution is 1.97. The summed E-state index contributed by atoms with van der Waals surface area (Å²) in [5.41, 5.74) is 0.912. The third-order valence-electron chi connectivity index (χ3n) is 2.59. The second-order valence-electron chi connectivity index (χ2n) is 4.40. The first-order chi connectivity index (χ1) is 9.89. The van der Waals surface area contributed by atoms with Gasteiger partial charge in [0.1, 0.15) is 0 Å². The number of carbonyl (C=O) groups excluding carboxylic acids is 1.